The third kappa shape index (κ3) is 10.2. The number of benzene rings is 2. The molecule has 33 heavy (non-hydrogen) atoms. The highest BCUT2D eigenvalue weighted by atomic mass is 79.9. The lowest BCUT2D eigenvalue weighted by molar-refractivity contribution is 0.0276. The average Bonchev–Trinajstić information content (AvgIpc) is 2.77. The van der Waals surface area contributed by atoms with Crippen LogP contribution >= 0.6 is 15.9 Å². The van der Waals surface area contributed by atoms with Crippen LogP contribution in [0.25, 0.3) is 0 Å². The van der Waals surface area contributed by atoms with E-state index in [1.807, 2.05) is 24.3 Å². The minimum Gasteiger partial charge on any atom is -0.494 e. The number of unbranched alkanes of at least 4 members (excludes halogenated alkanes) is 1. The number of hydrogen-bond acceptors (Lipinski definition) is 5. The smallest absolute Gasteiger partial charge is 0.408 e. The van der Waals surface area contributed by atoms with Crippen LogP contribution < -0.4 is 10.1 Å². The third-order valence-corrected chi connectivity index (χ3v) is 5.76. The van der Waals surface area contributed by atoms with Crippen molar-refractivity contribution in [1.29, 1.82) is 0 Å². The second-order valence-corrected chi connectivity index (χ2v) is 10.2. The quantitative estimate of drug-likeness (QED) is 0.341. The number of rotatable bonds is 12. The van der Waals surface area contributed by atoms with Gasteiger partial charge in [0.1, 0.15) is 11.4 Å². The van der Waals surface area contributed by atoms with Crippen molar-refractivity contribution in [2.45, 2.75) is 64.0 Å². The molecule has 0 aromatic heterocycles. The minimum absolute atomic E-state index is 0.371. The number of ether oxygens (including phenoxy) is 2. The molecular formula is C26H36BrNO5. The van der Waals surface area contributed by atoms with E-state index in [-0.39, 0.29) is 13.2 Å². The Balaban J connectivity index is 1.76. The Bertz CT molecular complexity index is 842. The maximum Gasteiger partial charge on any atom is 0.408 e. The number of amides is 1. The normalized spacial score (nSPS) is 11.8. The van der Waals surface area contributed by atoms with Gasteiger partial charge in [0.05, 0.1) is 25.4 Å². The van der Waals surface area contributed by atoms with Crippen molar-refractivity contribution >= 4 is 22.0 Å². The number of aryl methyl sites for hydroxylation is 2. The van der Waals surface area contributed by atoms with Crippen LogP contribution in [0.1, 0.15) is 51.2 Å². The second-order valence-electron chi connectivity index (χ2n) is 9.30. The van der Waals surface area contributed by atoms with E-state index < -0.39 is 17.2 Å². The van der Waals surface area contributed by atoms with E-state index in [4.69, 9.17) is 9.47 Å². The van der Waals surface area contributed by atoms with Crippen molar-refractivity contribution in [2.75, 3.05) is 19.8 Å². The summed E-state index contributed by atoms with van der Waals surface area (Å²) < 4.78 is 12.2. The molecule has 2 rings (SSSR count). The molecule has 1 amide bonds. The van der Waals surface area contributed by atoms with Gasteiger partial charge in [0.15, 0.2) is 0 Å². The Morgan fingerprint density at radius 2 is 1.48 bits per heavy atom. The molecule has 0 aliphatic heterocycles. The van der Waals surface area contributed by atoms with Gasteiger partial charge in [0.25, 0.3) is 0 Å². The molecule has 0 fully saturated rings. The lowest BCUT2D eigenvalue weighted by Crippen LogP contribution is -2.55. The van der Waals surface area contributed by atoms with Crippen molar-refractivity contribution in [3.8, 4) is 5.75 Å². The molecule has 0 heterocycles. The van der Waals surface area contributed by atoms with Crippen LogP contribution in [0.5, 0.6) is 5.75 Å². The van der Waals surface area contributed by atoms with E-state index in [1.54, 1.807) is 20.8 Å². The van der Waals surface area contributed by atoms with Gasteiger partial charge in [-0.1, -0.05) is 40.2 Å². The van der Waals surface area contributed by atoms with Crippen molar-refractivity contribution in [2.24, 2.45) is 0 Å². The van der Waals surface area contributed by atoms with Gasteiger partial charge in [-0.25, -0.2) is 4.79 Å². The van der Waals surface area contributed by atoms with Crippen LogP contribution in [-0.4, -0.2) is 47.3 Å². The summed E-state index contributed by atoms with van der Waals surface area (Å²) in [5.74, 6) is 0.810. The number of halogens is 1. The molecule has 0 bridgehead atoms. The Morgan fingerprint density at radius 3 is 2.06 bits per heavy atom. The molecule has 182 valence electrons. The van der Waals surface area contributed by atoms with E-state index in [0.717, 1.165) is 35.0 Å². The third-order valence-electron chi connectivity index (χ3n) is 5.23. The highest BCUT2D eigenvalue weighted by Crippen LogP contribution is 2.19. The topological polar surface area (TPSA) is 88.0 Å². The van der Waals surface area contributed by atoms with E-state index in [0.29, 0.717) is 19.4 Å². The van der Waals surface area contributed by atoms with E-state index >= 15 is 0 Å². The van der Waals surface area contributed by atoms with E-state index in [2.05, 4.69) is 45.5 Å². The molecule has 0 atom stereocenters. The molecule has 0 aliphatic carbocycles. The van der Waals surface area contributed by atoms with Gasteiger partial charge in [-0.15, -0.1) is 0 Å². The zero-order valence-electron chi connectivity index (χ0n) is 19.8. The van der Waals surface area contributed by atoms with Gasteiger partial charge in [0.2, 0.25) is 0 Å². The number of alkyl carbamates (subject to hydrolysis) is 1. The maximum atomic E-state index is 12.1. The van der Waals surface area contributed by atoms with Gasteiger partial charge in [-0.2, -0.15) is 0 Å². The molecule has 0 spiro atoms. The molecule has 0 aliphatic rings. The van der Waals surface area contributed by atoms with Crippen molar-refractivity contribution in [3.63, 3.8) is 0 Å². The van der Waals surface area contributed by atoms with Crippen LogP contribution in [-0.2, 0) is 17.6 Å². The zero-order chi connectivity index (χ0) is 24.3. The molecule has 7 heteroatoms. The first-order valence-electron chi connectivity index (χ1n) is 11.3. The fraction of sp³-hybridized carbons (Fsp3) is 0.500. The van der Waals surface area contributed by atoms with Gasteiger partial charge < -0.3 is 25.0 Å². The van der Waals surface area contributed by atoms with Crippen LogP contribution in [0.3, 0.4) is 0 Å². The molecule has 6 nitrogen and oxygen atoms in total. The van der Waals surface area contributed by atoms with Crippen LogP contribution in [0.2, 0.25) is 0 Å². The molecule has 2 aromatic rings. The first-order chi connectivity index (χ1) is 15.6. The van der Waals surface area contributed by atoms with Crippen molar-refractivity contribution in [1.82, 2.24) is 5.32 Å². The van der Waals surface area contributed by atoms with Gasteiger partial charge in [0, 0.05) is 4.47 Å². The molecular weight excluding hydrogens is 486 g/mol. The molecule has 0 saturated carbocycles. The number of aliphatic hydroxyl groups is 2. The molecule has 0 unspecified atom stereocenters. The lowest BCUT2D eigenvalue weighted by atomic mass is 9.93. The number of nitrogens with one attached hydrogen (secondary N) is 1. The van der Waals surface area contributed by atoms with Crippen molar-refractivity contribution < 1.29 is 24.5 Å². The highest BCUT2D eigenvalue weighted by molar-refractivity contribution is 9.10. The maximum absolute atomic E-state index is 12.1. The highest BCUT2D eigenvalue weighted by Gasteiger charge is 2.32. The van der Waals surface area contributed by atoms with Gasteiger partial charge in [-0.3, -0.25) is 0 Å². The summed E-state index contributed by atoms with van der Waals surface area (Å²) in [5.41, 5.74) is 0.544. The Labute approximate surface area is 205 Å². The zero-order valence-corrected chi connectivity index (χ0v) is 21.4. The van der Waals surface area contributed by atoms with E-state index in [9.17, 15) is 15.0 Å². The van der Waals surface area contributed by atoms with Crippen LogP contribution in [0, 0.1) is 0 Å². The second kappa shape index (κ2) is 13.0. The number of hydrogen-bond donors (Lipinski definition) is 3. The number of carbonyl (C=O) groups is 1. The van der Waals surface area contributed by atoms with Crippen LogP contribution in [0.4, 0.5) is 4.79 Å². The van der Waals surface area contributed by atoms with Gasteiger partial charge >= 0.3 is 6.09 Å². The minimum atomic E-state index is -1.15. The summed E-state index contributed by atoms with van der Waals surface area (Å²) in [7, 11) is 0. The Hall–Kier alpha value is -2.09. The molecule has 0 radical (unpaired) electrons. The first kappa shape index (κ1) is 27.2. The summed E-state index contributed by atoms with van der Waals surface area (Å²) >= 11 is 3.45. The predicted octanol–water partition coefficient (Wildman–Crippen LogP) is 5.03. The largest absolute Gasteiger partial charge is 0.494 e. The Kier molecular flexibility index (Phi) is 10.7. The molecule has 0 saturated heterocycles. The number of aliphatic hydroxyl groups excluding tert-OH is 2. The SMILES string of the molecule is CC(C)(C)OC(=O)NC(CO)(CO)CCc1ccc(OCCCCc2ccc(Br)cc2)cc1. The van der Waals surface area contributed by atoms with Gasteiger partial charge in [-0.05, 0) is 88.3 Å². The van der Waals surface area contributed by atoms with Crippen molar-refractivity contribution in [3.05, 3.63) is 64.1 Å². The summed E-state index contributed by atoms with van der Waals surface area (Å²) in [6.45, 7) is 5.18. The summed E-state index contributed by atoms with van der Waals surface area (Å²) in [4.78, 5) is 12.1. The monoisotopic (exact) mass is 521 g/mol. The summed E-state index contributed by atoms with van der Waals surface area (Å²) in [6, 6.07) is 16.2. The van der Waals surface area contributed by atoms with Crippen LogP contribution in [0.15, 0.2) is 53.0 Å². The average molecular weight is 522 g/mol. The lowest BCUT2D eigenvalue weighted by Gasteiger charge is -2.32. The first-order valence-corrected chi connectivity index (χ1v) is 12.1. The predicted molar refractivity (Wildman–Crippen MR) is 134 cm³/mol. The number of carbonyl (C=O) groups excluding carboxylic acids is 1. The summed E-state index contributed by atoms with van der Waals surface area (Å²) in [6.07, 6.45) is 3.36. The summed E-state index contributed by atoms with van der Waals surface area (Å²) in [5, 5.41) is 22.3. The fourth-order valence-electron chi connectivity index (χ4n) is 3.28. The molecule has 2 aromatic carbocycles. The van der Waals surface area contributed by atoms with E-state index in [1.165, 1.54) is 5.56 Å². The standard InChI is InChI=1S/C26H36BrNO5/c1-25(2,3)33-24(31)28-26(18-29,19-30)16-15-21-9-13-23(14-10-21)32-17-5-4-6-20-7-11-22(27)12-8-20/h7-14,29-30H,4-6,15-19H2,1-3H3,(H,28,31). The Morgan fingerprint density at radius 1 is 0.909 bits per heavy atom. The molecule has 3 N–H and O–H groups in total. The fourth-order valence-corrected chi connectivity index (χ4v) is 3.54.